The van der Waals surface area contributed by atoms with Crippen molar-refractivity contribution in [2.24, 2.45) is 5.92 Å². The lowest BCUT2D eigenvalue weighted by atomic mass is 9.85. The maximum absolute atomic E-state index is 14.1. The Kier molecular flexibility index (Phi) is 7.73. The van der Waals surface area contributed by atoms with Gasteiger partial charge in [-0.25, -0.2) is 9.37 Å². The van der Waals surface area contributed by atoms with Gasteiger partial charge >= 0.3 is 0 Å². The van der Waals surface area contributed by atoms with Gasteiger partial charge in [0.25, 0.3) is 11.8 Å². The number of pyridine rings is 1. The van der Waals surface area contributed by atoms with Gasteiger partial charge in [0.15, 0.2) is 5.78 Å². The molecule has 0 aliphatic heterocycles. The monoisotopic (exact) mass is 592 g/mol. The van der Waals surface area contributed by atoms with Gasteiger partial charge in [0.05, 0.1) is 22.5 Å². The van der Waals surface area contributed by atoms with E-state index in [4.69, 9.17) is 5.73 Å². The molecule has 0 radical (unpaired) electrons. The summed E-state index contributed by atoms with van der Waals surface area (Å²) in [5, 5.41) is 8.93. The molecule has 6 rings (SSSR count). The molecular formula is C34H33FN6O3. The average Bonchev–Trinajstić information content (AvgIpc) is 3.76. The van der Waals surface area contributed by atoms with Gasteiger partial charge in [-0.2, -0.15) is 0 Å². The number of halogens is 1. The molecule has 2 aromatic carbocycles. The number of carbonyl (C=O) groups is 3. The van der Waals surface area contributed by atoms with Crippen LogP contribution in [0.25, 0.3) is 11.6 Å². The van der Waals surface area contributed by atoms with Crippen LogP contribution in [0.1, 0.15) is 67.6 Å². The number of benzene rings is 2. The minimum atomic E-state index is -0.375. The molecule has 6 N–H and O–H groups in total. The van der Waals surface area contributed by atoms with Crippen LogP contribution in [-0.4, -0.2) is 40.7 Å². The third-order valence-electron chi connectivity index (χ3n) is 8.27. The molecule has 2 aliphatic carbocycles. The first-order chi connectivity index (χ1) is 21.2. The highest BCUT2D eigenvalue weighted by atomic mass is 19.1. The van der Waals surface area contributed by atoms with Gasteiger partial charge < -0.3 is 26.7 Å². The molecule has 44 heavy (non-hydrogen) atoms. The SMILES string of the molecule is Cc1[nH]c(/C=C2\C(=O)C3CC3c3ccc(F)cc32)c(C)c1C(=O)NCCCNc1ccc(C(=O)Nc2ccccc2N)cn1. The van der Waals surface area contributed by atoms with Gasteiger partial charge in [0.2, 0.25) is 0 Å². The van der Waals surface area contributed by atoms with Crippen LogP contribution in [0.3, 0.4) is 0 Å². The van der Waals surface area contributed by atoms with E-state index in [9.17, 15) is 18.8 Å². The Labute approximate surface area is 254 Å². The van der Waals surface area contributed by atoms with Gasteiger partial charge in [-0.15, -0.1) is 0 Å². The maximum Gasteiger partial charge on any atom is 0.257 e. The average molecular weight is 593 g/mol. The Morgan fingerprint density at radius 3 is 2.66 bits per heavy atom. The second kappa shape index (κ2) is 11.8. The molecule has 2 aliphatic rings. The number of nitrogens with one attached hydrogen (secondary N) is 4. The minimum Gasteiger partial charge on any atom is -0.397 e. The number of nitrogens with zero attached hydrogens (tertiary/aromatic N) is 1. The number of nitrogens with two attached hydrogens (primary N) is 1. The number of carbonyl (C=O) groups excluding carboxylic acids is 3. The Balaban J connectivity index is 1.03. The first-order valence-corrected chi connectivity index (χ1v) is 14.6. The highest BCUT2D eigenvalue weighted by Gasteiger charge is 2.50. The Bertz CT molecular complexity index is 1810. The molecule has 2 amide bonds. The quantitative estimate of drug-likeness (QED) is 0.0993. The Morgan fingerprint density at radius 2 is 1.89 bits per heavy atom. The van der Waals surface area contributed by atoms with Crippen LogP contribution in [0.4, 0.5) is 21.6 Å². The van der Waals surface area contributed by atoms with Crippen molar-refractivity contribution in [3.8, 4) is 0 Å². The van der Waals surface area contributed by atoms with Crippen molar-refractivity contribution >= 4 is 46.4 Å². The fourth-order valence-electron chi connectivity index (χ4n) is 5.83. The van der Waals surface area contributed by atoms with Gasteiger partial charge in [0.1, 0.15) is 11.6 Å². The molecule has 1 saturated carbocycles. The molecule has 224 valence electrons. The number of aryl methyl sites for hydroxylation is 1. The number of allylic oxidation sites excluding steroid dienone is 1. The predicted octanol–water partition coefficient (Wildman–Crippen LogP) is 5.46. The number of ketones is 1. The number of H-pyrrole nitrogens is 1. The summed E-state index contributed by atoms with van der Waals surface area (Å²) < 4.78 is 14.1. The highest BCUT2D eigenvalue weighted by Crippen LogP contribution is 2.56. The topological polar surface area (TPSA) is 142 Å². The van der Waals surface area contributed by atoms with Crippen molar-refractivity contribution in [1.29, 1.82) is 0 Å². The smallest absolute Gasteiger partial charge is 0.257 e. The molecular weight excluding hydrogens is 559 g/mol. The van der Waals surface area contributed by atoms with E-state index in [1.165, 1.54) is 18.3 Å². The van der Waals surface area contributed by atoms with Crippen molar-refractivity contribution in [1.82, 2.24) is 15.3 Å². The normalized spacial score (nSPS) is 17.5. The lowest BCUT2D eigenvalue weighted by Crippen LogP contribution is -2.26. The number of hydrogen-bond acceptors (Lipinski definition) is 6. The predicted molar refractivity (Wildman–Crippen MR) is 169 cm³/mol. The van der Waals surface area contributed by atoms with E-state index in [0.29, 0.717) is 70.4 Å². The fourth-order valence-corrected chi connectivity index (χ4v) is 5.83. The van der Waals surface area contributed by atoms with Crippen molar-refractivity contribution in [3.63, 3.8) is 0 Å². The third kappa shape index (κ3) is 5.70. The van der Waals surface area contributed by atoms with E-state index >= 15 is 0 Å². The number of fused-ring (bicyclic) bond motifs is 3. The van der Waals surface area contributed by atoms with Gasteiger partial charge in [0, 0.05) is 42.2 Å². The summed E-state index contributed by atoms with van der Waals surface area (Å²) in [7, 11) is 0. The lowest BCUT2D eigenvalue weighted by Gasteiger charge is -2.17. The molecule has 2 aromatic heterocycles. The number of anilines is 3. The summed E-state index contributed by atoms with van der Waals surface area (Å²) in [6.45, 7) is 4.65. The van der Waals surface area contributed by atoms with Crippen LogP contribution >= 0.6 is 0 Å². The molecule has 4 aromatic rings. The number of rotatable bonds is 9. The maximum atomic E-state index is 14.1. The van der Waals surface area contributed by atoms with Crippen LogP contribution < -0.4 is 21.7 Å². The second-order valence-electron chi connectivity index (χ2n) is 11.3. The Morgan fingerprint density at radius 1 is 1.07 bits per heavy atom. The first kappa shape index (κ1) is 28.9. The van der Waals surface area contributed by atoms with Gasteiger partial charge in [-0.05, 0) is 91.8 Å². The zero-order chi connectivity index (χ0) is 31.0. The third-order valence-corrected chi connectivity index (χ3v) is 8.27. The molecule has 2 unspecified atom stereocenters. The van der Waals surface area contributed by atoms with Gasteiger partial charge in [-0.1, -0.05) is 18.2 Å². The van der Waals surface area contributed by atoms with E-state index in [1.54, 1.807) is 48.5 Å². The number of para-hydroxylation sites is 2. The number of nitrogen functional groups attached to an aromatic ring is 1. The van der Waals surface area contributed by atoms with E-state index < -0.39 is 0 Å². The summed E-state index contributed by atoms with van der Waals surface area (Å²) in [4.78, 5) is 46.2. The molecule has 2 heterocycles. The largest absolute Gasteiger partial charge is 0.397 e. The molecule has 0 spiro atoms. The van der Waals surface area contributed by atoms with E-state index in [1.807, 2.05) is 13.8 Å². The summed E-state index contributed by atoms with van der Waals surface area (Å²) >= 11 is 0. The van der Waals surface area contributed by atoms with Crippen molar-refractivity contribution in [2.45, 2.75) is 32.6 Å². The second-order valence-corrected chi connectivity index (χ2v) is 11.3. The van der Waals surface area contributed by atoms with Crippen LogP contribution in [0, 0.1) is 25.6 Å². The number of aromatic amines is 1. The van der Waals surface area contributed by atoms with Crippen molar-refractivity contribution in [2.75, 3.05) is 29.5 Å². The van der Waals surface area contributed by atoms with E-state index in [2.05, 4.69) is 25.9 Å². The van der Waals surface area contributed by atoms with E-state index in [-0.39, 0.29) is 35.3 Å². The lowest BCUT2D eigenvalue weighted by molar-refractivity contribution is -0.115. The zero-order valence-corrected chi connectivity index (χ0v) is 24.5. The molecule has 0 bridgehead atoms. The van der Waals surface area contributed by atoms with Crippen LogP contribution in [0.15, 0.2) is 60.8 Å². The van der Waals surface area contributed by atoms with Gasteiger partial charge in [-0.3, -0.25) is 14.4 Å². The minimum absolute atomic E-state index is 0.0306. The summed E-state index contributed by atoms with van der Waals surface area (Å²) in [6.07, 6.45) is 4.68. The van der Waals surface area contributed by atoms with Crippen LogP contribution in [0.5, 0.6) is 0 Å². The molecule has 2 atom stereocenters. The fraction of sp³-hybridized carbons (Fsp3) is 0.235. The zero-order valence-electron chi connectivity index (χ0n) is 24.5. The van der Waals surface area contributed by atoms with Crippen molar-refractivity contribution < 1.29 is 18.8 Å². The summed E-state index contributed by atoms with van der Waals surface area (Å²) in [5.41, 5.74) is 12.1. The molecule has 10 heteroatoms. The van der Waals surface area contributed by atoms with Crippen molar-refractivity contribution in [3.05, 3.63) is 106 Å². The molecule has 1 fully saturated rings. The number of Topliss-reactive ketones (excluding diaryl/α,β-unsaturated/α-hetero) is 1. The molecule has 9 nitrogen and oxygen atoms in total. The Hall–Kier alpha value is -5.25. The summed E-state index contributed by atoms with van der Waals surface area (Å²) in [6, 6.07) is 15.1. The standard InChI is InChI=1S/C34H33FN6O3/c1-18-29(16-26-23-14-21(35)9-10-22(23)24-15-25(24)32(26)42)40-19(2)31(18)34(44)38-13-5-12-37-30-11-8-20(17-39-30)33(43)41-28-7-4-3-6-27(28)36/h3-4,6-11,14,16-17,24-25,40H,5,12-13,15,36H2,1-2H3,(H,37,39)(H,38,44)(H,41,43)/b26-16-. The highest BCUT2D eigenvalue weighted by molar-refractivity contribution is 6.29. The molecule has 0 saturated heterocycles. The van der Waals surface area contributed by atoms with Crippen LogP contribution in [-0.2, 0) is 4.79 Å². The number of amides is 2. The summed E-state index contributed by atoms with van der Waals surface area (Å²) in [5.74, 6) is -0.113. The van der Waals surface area contributed by atoms with Crippen LogP contribution in [0.2, 0.25) is 0 Å². The number of hydrogen-bond donors (Lipinski definition) is 5. The first-order valence-electron chi connectivity index (χ1n) is 14.6. The van der Waals surface area contributed by atoms with E-state index in [0.717, 1.165) is 17.5 Å². The number of aromatic nitrogens is 2.